The molecular weight excluding hydrogens is 206 g/mol. The molecule has 0 aromatic carbocycles. The van der Waals surface area contributed by atoms with Crippen LogP contribution in [0.15, 0.2) is 0 Å². The fourth-order valence-electron chi connectivity index (χ4n) is 1.77. The Morgan fingerprint density at radius 3 is 2.56 bits per heavy atom. The molecule has 1 amide bonds. The molecule has 16 heavy (non-hydrogen) atoms. The van der Waals surface area contributed by atoms with Crippen molar-refractivity contribution in [1.29, 1.82) is 0 Å². The van der Waals surface area contributed by atoms with Crippen LogP contribution >= 0.6 is 0 Å². The van der Waals surface area contributed by atoms with Gasteiger partial charge in [-0.25, -0.2) is 0 Å². The number of hydrogen-bond donors (Lipinski definition) is 2. The lowest BCUT2D eigenvalue weighted by atomic mass is 9.85. The molecule has 92 valence electrons. The molecular formula is C12H21NO3. The molecule has 1 unspecified atom stereocenters. The van der Waals surface area contributed by atoms with Gasteiger partial charge in [0, 0.05) is 18.9 Å². The largest absolute Gasteiger partial charge is 0.481 e. The summed E-state index contributed by atoms with van der Waals surface area (Å²) in [4.78, 5) is 21.8. The Morgan fingerprint density at radius 2 is 2.06 bits per heavy atom. The lowest BCUT2D eigenvalue weighted by Crippen LogP contribution is -2.35. The van der Waals surface area contributed by atoms with E-state index in [4.69, 9.17) is 5.11 Å². The number of carbonyl (C=O) groups excluding carboxylic acids is 1. The zero-order valence-electron chi connectivity index (χ0n) is 9.87. The molecule has 1 rings (SSSR count). The summed E-state index contributed by atoms with van der Waals surface area (Å²) in [5, 5.41) is 11.4. The van der Waals surface area contributed by atoms with Gasteiger partial charge in [-0.05, 0) is 31.6 Å². The highest BCUT2D eigenvalue weighted by atomic mass is 16.4. The predicted octanol–water partition coefficient (Wildman–Crippen LogP) is 1.79. The van der Waals surface area contributed by atoms with Gasteiger partial charge in [-0.2, -0.15) is 0 Å². The molecule has 0 heterocycles. The maximum absolute atomic E-state index is 11.5. The molecule has 0 aromatic rings. The number of rotatable bonds is 7. The summed E-state index contributed by atoms with van der Waals surface area (Å²) < 4.78 is 0. The molecule has 1 aliphatic carbocycles. The maximum Gasteiger partial charge on any atom is 0.303 e. The van der Waals surface area contributed by atoms with Crippen LogP contribution in [-0.2, 0) is 9.59 Å². The summed E-state index contributed by atoms with van der Waals surface area (Å²) in [5.41, 5.74) is 0. The SMILES string of the molecule is CC(CCNC(=O)C1CCC1)CCC(=O)O. The number of carbonyl (C=O) groups is 2. The van der Waals surface area contributed by atoms with Crippen molar-refractivity contribution < 1.29 is 14.7 Å². The van der Waals surface area contributed by atoms with E-state index in [0.717, 1.165) is 19.3 Å². The third kappa shape index (κ3) is 4.64. The zero-order valence-corrected chi connectivity index (χ0v) is 9.87. The van der Waals surface area contributed by atoms with E-state index in [0.29, 0.717) is 18.9 Å². The van der Waals surface area contributed by atoms with E-state index in [2.05, 4.69) is 5.32 Å². The molecule has 4 nitrogen and oxygen atoms in total. The Labute approximate surface area is 96.4 Å². The van der Waals surface area contributed by atoms with Gasteiger partial charge in [-0.15, -0.1) is 0 Å². The Balaban J connectivity index is 2.00. The van der Waals surface area contributed by atoms with E-state index >= 15 is 0 Å². The van der Waals surface area contributed by atoms with E-state index in [1.54, 1.807) is 0 Å². The monoisotopic (exact) mass is 227 g/mol. The third-order valence-corrected chi connectivity index (χ3v) is 3.26. The van der Waals surface area contributed by atoms with Crippen molar-refractivity contribution in [1.82, 2.24) is 5.32 Å². The standard InChI is InChI=1S/C12H21NO3/c1-9(5-6-11(14)15)7-8-13-12(16)10-3-2-4-10/h9-10H,2-8H2,1H3,(H,13,16)(H,14,15). The minimum Gasteiger partial charge on any atom is -0.481 e. The second kappa shape index (κ2) is 6.51. The van der Waals surface area contributed by atoms with Crippen LogP contribution < -0.4 is 5.32 Å². The molecule has 0 radical (unpaired) electrons. The topological polar surface area (TPSA) is 66.4 Å². The number of hydrogen-bond acceptors (Lipinski definition) is 2. The molecule has 1 aliphatic rings. The first kappa shape index (κ1) is 13.0. The molecule has 0 bridgehead atoms. The fourth-order valence-corrected chi connectivity index (χ4v) is 1.77. The van der Waals surface area contributed by atoms with Crippen LogP contribution in [-0.4, -0.2) is 23.5 Å². The number of amides is 1. The minimum atomic E-state index is -0.745. The van der Waals surface area contributed by atoms with Gasteiger partial charge >= 0.3 is 5.97 Å². The molecule has 0 spiro atoms. The fraction of sp³-hybridized carbons (Fsp3) is 0.833. The zero-order chi connectivity index (χ0) is 12.0. The average Bonchev–Trinajstić information content (AvgIpc) is 2.11. The first-order valence-corrected chi connectivity index (χ1v) is 6.09. The van der Waals surface area contributed by atoms with Crippen LogP contribution in [0.25, 0.3) is 0 Å². The van der Waals surface area contributed by atoms with Crippen LogP contribution in [0.1, 0.15) is 45.4 Å². The number of aliphatic carboxylic acids is 1. The van der Waals surface area contributed by atoms with Crippen molar-refractivity contribution in [2.24, 2.45) is 11.8 Å². The van der Waals surface area contributed by atoms with Crippen LogP contribution in [0.2, 0.25) is 0 Å². The highest BCUT2D eigenvalue weighted by Gasteiger charge is 2.24. The molecule has 0 aliphatic heterocycles. The van der Waals surface area contributed by atoms with Crippen LogP contribution in [0, 0.1) is 11.8 Å². The van der Waals surface area contributed by atoms with Crippen LogP contribution in [0.3, 0.4) is 0 Å². The first-order valence-electron chi connectivity index (χ1n) is 6.09. The van der Waals surface area contributed by atoms with Gasteiger partial charge in [-0.1, -0.05) is 13.3 Å². The lowest BCUT2D eigenvalue weighted by molar-refractivity contribution is -0.137. The number of nitrogens with one attached hydrogen (secondary N) is 1. The Morgan fingerprint density at radius 1 is 1.38 bits per heavy atom. The molecule has 1 atom stereocenters. The van der Waals surface area contributed by atoms with Gasteiger partial charge < -0.3 is 10.4 Å². The van der Waals surface area contributed by atoms with Gasteiger partial charge in [-0.3, -0.25) is 9.59 Å². The van der Waals surface area contributed by atoms with Gasteiger partial charge in [0.25, 0.3) is 0 Å². The van der Waals surface area contributed by atoms with E-state index in [-0.39, 0.29) is 18.2 Å². The number of carboxylic acid groups (broad SMARTS) is 1. The second-order valence-corrected chi connectivity index (χ2v) is 4.75. The lowest BCUT2D eigenvalue weighted by Gasteiger charge is -2.24. The highest BCUT2D eigenvalue weighted by Crippen LogP contribution is 2.26. The van der Waals surface area contributed by atoms with Crippen LogP contribution in [0.4, 0.5) is 0 Å². The Bertz CT molecular complexity index is 249. The van der Waals surface area contributed by atoms with Crippen molar-refractivity contribution >= 4 is 11.9 Å². The normalized spacial score (nSPS) is 17.6. The van der Waals surface area contributed by atoms with Crippen LogP contribution in [0.5, 0.6) is 0 Å². The van der Waals surface area contributed by atoms with E-state index in [1.807, 2.05) is 6.92 Å². The molecule has 2 N–H and O–H groups in total. The summed E-state index contributed by atoms with van der Waals surface area (Å²) in [7, 11) is 0. The predicted molar refractivity (Wildman–Crippen MR) is 61.0 cm³/mol. The summed E-state index contributed by atoms with van der Waals surface area (Å²) in [6, 6.07) is 0. The quantitative estimate of drug-likeness (QED) is 0.697. The smallest absolute Gasteiger partial charge is 0.303 e. The van der Waals surface area contributed by atoms with Crippen molar-refractivity contribution in [3.05, 3.63) is 0 Å². The molecule has 0 aromatic heterocycles. The van der Waals surface area contributed by atoms with Crippen molar-refractivity contribution in [3.8, 4) is 0 Å². The molecule has 1 saturated carbocycles. The van der Waals surface area contributed by atoms with E-state index in [9.17, 15) is 9.59 Å². The van der Waals surface area contributed by atoms with Gasteiger partial charge in [0.15, 0.2) is 0 Å². The molecule has 0 saturated heterocycles. The minimum absolute atomic E-state index is 0.177. The third-order valence-electron chi connectivity index (χ3n) is 3.26. The summed E-state index contributed by atoms with van der Waals surface area (Å²) in [6.45, 7) is 2.70. The first-order chi connectivity index (χ1) is 7.59. The van der Waals surface area contributed by atoms with E-state index < -0.39 is 5.97 Å². The second-order valence-electron chi connectivity index (χ2n) is 4.75. The average molecular weight is 227 g/mol. The molecule has 1 fully saturated rings. The van der Waals surface area contributed by atoms with Gasteiger partial charge in [0.2, 0.25) is 5.91 Å². The van der Waals surface area contributed by atoms with Gasteiger partial charge in [0.05, 0.1) is 0 Å². The Kier molecular flexibility index (Phi) is 5.29. The van der Waals surface area contributed by atoms with Crippen molar-refractivity contribution in [3.63, 3.8) is 0 Å². The summed E-state index contributed by atoms with van der Waals surface area (Å²) >= 11 is 0. The highest BCUT2D eigenvalue weighted by molar-refractivity contribution is 5.79. The van der Waals surface area contributed by atoms with Gasteiger partial charge in [0.1, 0.15) is 0 Å². The maximum atomic E-state index is 11.5. The summed E-state index contributed by atoms with van der Waals surface area (Å²) in [5.74, 6) is 0.0363. The number of carboxylic acids is 1. The summed E-state index contributed by atoms with van der Waals surface area (Å²) in [6.07, 6.45) is 5.01. The Hall–Kier alpha value is -1.06. The van der Waals surface area contributed by atoms with Crippen molar-refractivity contribution in [2.75, 3.05) is 6.54 Å². The van der Waals surface area contributed by atoms with E-state index in [1.165, 1.54) is 6.42 Å². The van der Waals surface area contributed by atoms with Crippen molar-refractivity contribution in [2.45, 2.75) is 45.4 Å². The molecule has 4 heteroatoms.